The van der Waals surface area contributed by atoms with E-state index in [0.29, 0.717) is 13.1 Å². The van der Waals surface area contributed by atoms with Crippen molar-refractivity contribution in [1.29, 1.82) is 0 Å². The van der Waals surface area contributed by atoms with Crippen LogP contribution in [-0.4, -0.2) is 33.0 Å². The van der Waals surface area contributed by atoms with E-state index in [1.54, 1.807) is 17.1 Å². The molecule has 6 heteroatoms. The molecule has 2 rings (SSSR count). The van der Waals surface area contributed by atoms with Crippen molar-refractivity contribution in [2.24, 2.45) is 5.73 Å². The van der Waals surface area contributed by atoms with Crippen LogP contribution in [0.4, 0.5) is 0 Å². The Bertz CT molecular complexity index is 342. The van der Waals surface area contributed by atoms with Gasteiger partial charge in [-0.2, -0.15) is 0 Å². The number of rotatable bonds is 4. The van der Waals surface area contributed by atoms with E-state index < -0.39 is 5.54 Å². The Balaban J connectivity index is 1.75. The number of nitrogens with one attached hydrogen (secondary N) is 1. The van der Waals surface area contributed by atoms with Gasteiger partial charge in [0.2, 0.25) is 5.91 Å². The number of nitrogens with two attached hydrogens (primary N) is 1. The first-order chi connectivity index (χ1) is 7.71. The quantitative estimate of drug-likeness (QED) is 0.731. The van der Waals surface area contributed by atoms with Crippen molar-refractivity contribution in [3.8, 4) is 0 Å². The van der Waals surface area contributed by atoms with Crippen LogP contribution >= 0.6 is 0 Å². The van der Waals surface area contributed by atoms with Gasteiger partial charge >= 0.3 is 0 Å². The van der Waals surface area contributed by atoms with Crippen molar-refractivity contribution in [2.75, 3.05) is 6.54 Å². The van der Waals surface area contributed by atoms with Crippen LogP contribution in [-0.2, 0) is 11.3 Å². The third-order valence-corrected chi connectivity index (χ3v) is 3.05. The van der Waals surface area contributed by atoms with Crippen LogP contribution in [0.1, 0.15) is 25.7 Å². The maximum absolute atomic E-state index is 11.8. The normalized spacial score (nSPS) is 18.6. The van der Waals surface area contributed by atoms with Gasteiger partial charge in [0.1, 0.15) is 0 Å². The summed E-state index contributed by atoms with van der Waals surface area (Å²) in [5.74, 6) is -0.0369. The first-order valence-electron chi connectivity index (χ1n) is 5.62. The molecular weight excluding hydrogens is 206 g/mol. The number of carbonyl (C=O) groups excluding carboxylic acids is 1. The molecule has 1 aliphatic rings. The third-order valence-electron chi connectivity index (χ3n) is 3.05. The maximum Gasteiger partial charge on any atom is 0.240 e. The Morgan fingerprint density at radius 1 is 1.50 bits per heavy atom. The molecule has 0 saturated heterocycles. The van der Waals surface area contributed by atoms with E-state index in [0.717, 1.165) is 25.7 Å². The van der Waals surface area contributed by atoms with Crippen molar-refractivity contribution in [1.82, 2.24) is 20.3 Å². The molecule has 1 heterocycles. The first kappa shape index (κ1) is 11.1. The fourth-order valence-electron chi connectivity index (χ4n) is 2.04. The van der Waals surface area contributed by atoms with Gasteiger partial charge in [-0.05, 0) is 12.8 Å². The summed E-state index contributed by atoms with van der Waals surface area (Å²) < 4.78 is 1.68. The summed E-state index contributed by atoms with van der Waals surface area (Å²) in [6, 6.07) is 0. The minimum atomic E-state index is -0.637. The zero-order chi connectivity index (χ0) is 11.4. The molecule has 6 nitrogen and oxygen atoms in total. The van der Waals surface area contributed by atoms with Crippen LogP contribution < -0.4 is 11.1 Å². The van der Waals surface area contributed by atoms with Gasteiger partial charge in [0.05, 0.1) is 18.3 Å². The van der Waals surface area contributed by atoms with E-state index in [1.807, 2.05) is 0 Å². The molecule has 0 radical (unpaired) electrons. The number of nitrogens with zero attached hydrogens (tertiary/aromatic N) is 3. The van der Waals surface area contributed by atoms with Crippen LogP contribution in [0.5, 0.6) is 0 Å². The highest BCUT2D eigenvalue weighted by atomic mass is 16.2. The van der Waals surface area contributed by atoms with Crippen molar-refractivity contribution < 1.29 is 4.79 Å². The molecule has 1 saturated carbocycles. The Morgan fingerprint density at radius 2 is 2.25 bits per heavy atom. The summed E-state index contributed by atoms with van der Waals surface area (Å²) in [7, 11) is 0. The minimum Gasteiger partial charge on any atom is -0.353 e. The van der Waals surface area contributed by atoms with Crippen LogP contribution in [0.25, 0.3) is 0 Å². The standard InChI is InChI=1S/C10H17N5O/c11-10(3-1-2-4-10)9(16)12-5-7-15-8-6-13-14-15/h6,8H,1-5,7,11H2,(H,12,16). The predicted molar refractivity (Wildman–Crippen MR) is 58.4 cm³/mol. The number of hydrogen-bond donors (Lipinski definition) is 2. The van der Waals surface area contributed by atoms with Crippen molar-refractivity contribution in [3.05, 3.63) is 12.4 Å². The lowest BCUT2D eigenvalue weighted by molar-refractivity contribution is -0.126. The lowest BCUT2D eigenvalue weighted by Crippen LogP contribution is -2.52. The molecule has 1 fully saturated rings. The molecule has 1 amide bonds. The highest BCUT2D eigenvalue weighted by Gasteiger charge is 2.36. The molecule has 0 bridgehead atoms. The Hall–Kier alpha value is -1.43. The minimum absolute atomic E-state index is 0.0369. The fourth-order valence-corrected chi connectivity index (χ4v) is 2.04. The van der Waals surface area contributed by atoms with Gasteiger partial charge in [-0.1, -0.05) is 18.1 Å². The Morgan fingerprint density at radius 3 is 2.88 bits per heavy atom. The second kappa shape index (κ2) is 4.61. The first-order valence-corrected chi connectivity index (χ1v) is 5.62. The lowest BCUT2D eigenvalue weighted by Gasteiger charge is -2.22. The molecular formula is C10H17N5O. The molecule has 0 spiro atoms. The molecule has 0 unspecified atom stereocenters. The maximum atomic E-state index is 11.8. The average molecular weight is 223 g/mol. The van der Waals surface area contributed by atoms with Gasteiger partial charge in [0.15, 0.2) is 0 Å². The van der Waals surface area contributed by atoms with E-state index in [1.165, 1.54) is 0 Å². The van der Waals surface area contributed by atoms with Crippen LogP contribution in [0.3, 0.4) is 0 Å². The molecule has 3 N–H and O–H groups in total. The zero-order valence-electron chi connectivity index (χ0n) is 9.22. The highest BCUT2D eigenvalue weighted by molar-refractivity contribution is 5.86. The molecule has 1 aromatic heterocycles. The summed E-state index contributed by atoms with van der Waals surface area (Å²) in [4.78, 5) is 11.8. The van der Waals surface area contributed by atoms with E-state index in [-0.39, 0.29) is 5.91 Å². The van der Waals surface area contributed by atoms with Crippen molar-refractivity contribution >= 4 is 5.91 Å². The average Bonchev–Trinajstić information content (AvgIpc) is 2.90. The number of hydrogen-bond acceptors (Lipinski definition) is 4. The summed E-state index contributed by atoms with van der Waals surface area (Å²) >= 11 is 0. The second-order valence-corrected chi connectivity index (χ2v) is 4.29. The van der Waals surface area contributed by atoms with Gasteiger partial charge in [-0.3, -0.25) is 9.48 Å². The monoisotopic (exact) mass is 223 g/mol. The third kappa shape index (κ3) is 2.38. The predicted octanol–water partition coefficient (Wildman–Crippen LogP) is -0.334. The SMILES string of the molecule is NC1(C(=O)NCCn2ccnn2)CCCC1. The van der Waals surface area contributed by atoms with Gasteiger partial charge in [0, 0.05) is 12.7 Å². The summed E-state index contributed by atoms with van der Waals surface area (Å²) in [6.45, 7) is 1.17. The van der Waals surface area contributed by atoms with Crippen molar-refractivity contribution in [3.63, 3.8) is 0 Å². The smallest absolute Gasteiger partial charge is 0.240 e. The van der Waals surface area contributed by atoms with Crippen molar-refractivity contribution in [2.45, 2.75) is 37.8 Å². The Labute approximate surface area is 94.2 Å². The fraction of sp³-hybridized carbons (Fsp3) is 0.700. The molecule has 0 aromatic carbocycles. The topological polar surface area (TPSA) is 85.8 Å². The van der Waals surface area contributed by atoms with Gasteiger partial charge in [-0.15, -0.1) is 5.10 Å². The van der Waals surface area contributed by atoms with E-state index in [9.17, 15) is 4.79 Å². The van der Waals surface area contributed by atoms with Crippen LogP contribution in [0.2, 0.25) is 0 Å². The molecule has 88 valence electrons. The van der Waals surface area contributed by atoms with E-state index >= 15 is 0 Å². The number of carbonyl (C=O) groups is 1. The van der Waals surface area contributed by atoms with Gasteiger partial charge < -0.3 is 11.1 Å². The summed E-state index contributed by atoms with van der Waals surface area (Å²) in [5, 5.41) is 10.3. The molecule has 1 aromatic rings. The largest absolute Gasteiger partial charge is 0.353 e. The number of amides is 1. The van der Waals surface area contributed by atoms with Crippen LogP contribution in [0.15, 0.2) is 12.4 Å². The Kier molecular flexibility index (Phi) is 3.19. The molecule has 1 aliphatic carbocycles. The molecule has 16 heavy (non-hydrogen) atoms. The lowest BCUT2D eigenvalue weighted by atomic mass is 9.98. The van der Waals surface area contributed by atoms with Gasteiger partial charge in [-0.25, -0.2) is 0 Å². The number of aromatic nitrogens is 3. The molecule has 0 atom stereocenters. The summed E-state index contributed by atoms with van der Waals surface area (Å²) in [6.07, 6.45) is 7.06. The zero-order valence-corrected chi connectivity index (χ0v) is 9.22. The highest BCUT2D eigenvalue weighted by Crippen LogP contribution is 2.26. The molecule has 0 aliphatic heterocycles. The summed E-state index contributed by atoms with van der Waals surface area (Å²) in [5.41, 5.74) is 5.38. The van der Waals surface area contributed by atoms with Crippen LogP contribution in [0, 0.1) is 0 Å². The van der Waals surface area contributed by atoms with E-state index in [4.69, 9.17) is 5.73 Å². The van der Waals surface area contributed by atoms with Gasteiger partial charge in [0.25, 0.3) is 0 Å². The second-order valence-electron chi connectivity index (χ2n) is 4.29. The van der Waals surface area contributed by atoms with E-state index in [2.05, 4.69) is 15.6 Å².